The van der Waals surface area contributed by atoms with E-state index < -0.39 is 0 Å². The molecule has 2 rings (SSSR count). The normalized spacial score (nSPS) is 12.5. The number of allylic oxidation sites excluding steroid dienone is 2. The monoisotopic (exact) mass is 290 g/mol. The summed E-state index contributed by atoms with van der Waals surface area (Å²) in [6.07, 6.45) is 6.76. The van der Waals surface area contributed by atoms with Gasteiger partial charge in [-0.2, -0.15) is 0 Å². The SMILES string of the molecule is CC/C(C)=C/c1cccc(-c2ccccc2/C=C(\C)CC)c1. The van der Waals surface area contributed by atoms with E-state index in [2.05, 4.69) is 88.4 Å². The molecule has 0 bridgehead atoms. The molecule has 0 radical (unpaired) electrons. The second-order valence-corrected chi connectivity index (χ2v) is 5.90. The molecule has 0 aliphatic carbocycles. The van der Waals surface area contributed by atoms with E-state index in [1.165, 1.54) is 33.4 Å². The first-order valence-electron chi connectivity index (χ1n) is 8.17. The third-order valence-electron chi connectivity index (χ3n) is 4.09. The van der Waals surface area contributed by atoms with Crippen LogP contribution < -0.4 is 0 Å². The molecule has 0 saturated carbocycles. The molecule has 114 valence electrons. The zero-order valence-electron chi connectivity index (χ0n) is 14.2. The predicted molar refractivity (Wildman–Crippen MR) is 99.8 cm³/mol. The molecule has 0 saturated heterocycles. The molecule has 0 atom stereocenters. The van der Waals surface area contributed by atoms with E-state index in [9.17, 15) is 0 Å². The minimum Gasteiger partial charge on any atom is -0.0730 e. The van der Waals surface area contributed by atoms with Crippen molar-refractivity contribution in [2.45, 2.75) is 40.5 Å². The Morgan fingerprint density at radius 2 is 1.50 bits per heavy atom. The molecule has 2 aromatic carbocycles. The third-order valence-corrected chi connectivity index (χ3v) is 4.09. The van der Waals surface area contributed by atoms with Gasteiger partial charge in [-0.15, -0.1) is 0 Å². The summed E-state index contributed by atoms with van der Waals surface area (Å²) in [6.45, 7) is 8.78. The largest absolute Gasteiger partial charge is 0.0730 e. The highest BCUT2D eigenvalue weighted by Gasteiger charge is 2.03. The highest BCUT2D eigenvalue weighted by molar-refractivity contribution is 5.77. The van der Waals surface area contributed by atoms with E-state index in [0.29, 0.717) is 0 Å². The van der Waals surface area contributed by atoms with Gasteiger partial charge in [-0.05, 0) is 55.0 Å². The molecular formula is C22H26. The Labute approximate surface area is 135 Å². The van der Waals surface area contributed by atoms with Gasteiger partial charge in [-0.25, -0.2) is 0 Å². The first-order chi connectivity index (χ1) is 10.6. The second-order valence-electron chi connectivity index (χ2n) is 5.90. The summed E-state index contributed by atoms with van der Waals surface area (Å²) in [6, 6.07) is 17.5. The van der Waals surface area contributed by atoms with Gasteiger partial charge in [0.2, 0.25) is 0 Å². The van der Waals surface area contributed by atoms with Crippen LogP contribution in [-0.2, 0) is 0 Å². The summed E-state index contributed by atoms with van der Waals surface area (Å²) < 4.78 is 0. The van der Waals surface area contributed by atoms with Crippen molar-refractivity contribution in [2.75, 3.05) is 0 Å². The van der Waals surface area contributed by atoms with Crippen LogP contribution in [-0.4, -0.2) is 0 Å². The van der Waals surface area contributed by atoms with Crippen molar-refractivity contribution in [3.63, 3.8) is 0 Å². The Balaban J connectivity index is 2.47. The Hall–Kier alpha value is -2.08. The van der Waals surface area contributed by atoms with E-state index >= 15 is 0 Å². The maximum Gasteiger partial charge on any atom is -0.0111 e. The van der Waals surface area contributed by atoms with E-state index in [1.807, 2.05) is 0 Å². The lowest BCUT2D eigenvalue weighted by Gasteiger charge is -2.09. The van der Waals surface area contributed by atoms with Crippen LogP contribution in [0.2, 0.25) is 0 Å². The standard InChI is InChI=1S/C22H26/c1-5-17(3)14-19-10-9-12-21(16-19)22-13-8-7-11-20(22)15-18(4)6-2/h7-16H,5-6H2,1-4H3/b17-14+,18-15+. The molecule has 0 aliphatic rings. The van der Waals surface area contributed by atoms with Gasteiger partial charge < -0.3 is 0 Å². The molecule has 0 aliphatic heterocycles. The van der Waals surface area contributed by atoms with Crippen molar-refractivity contribution in [3.8, 4) is 11.1 Å². The second kappa shape index (κ2) is 7.79. The third kappa shape index (κ3) is 4.21. The van der Waals surface area contributed by atoms with Crippen molar-refractivity contribution in [3.05, 3.63) is 70.8 Å². The summed E-state index contributed by atoms with van der Waals surface area (Å²) in [4.78, 5) is 0. The van der Waals surface area contributed by atoms with Crippen molar-refractivity contribution in [1.29, 1.82) is 0 Å². The van der Waals surface area contributed by atoms with Gasteiger partial charge in [0.1, 0.15) is 0 Å². The maximum atomic E-state index is 2.30. The molecule has 2 aromatic rings. The van der Waals surface area contributed by atoms with Gasteiger partial charge in [-0.3, -0.25) is 0 Å². The average molecular weight is 290 g/mol. The zero-order valence-corrected chi connectivity index (χ0v) is 14.2. The fourth-order valence-electron chi connectivity index (χ4n) is 2.44. The van der Waals surface area contributed by atoms with E-state index in [1.54, 1.807) is 0 Å². The Morgan fingerprint density at radius 1 is 0.818 bits per heavy atom. The van der Waals surface area contributed by atoms with Crippen molar-refractivity contribution in [2.24, 2.45) is 0 Å². The molecule has 0 N–H and O–H groups in total. The first-order valence-corrected chi connectivity index (χ1v) is 8.17. The predicted octanol–water partition coefficient (Wildman–Crippen LogP) is 6.98. The summed E-state index contributed by atoms with van der Waals surface area (Å²) in [5.41, 5.74) is 7.99. The quantitative estimate of drug-likeness (QED) is 0.557. The lowest BCUT2D eigenvalue weighted by Crippen LogP contribution is -1.85. The highest BCUT2D eigenvalue weighted by Crippen LogP contribution is 2.27. The molecule has 0 heterocycles. The molecule has 0 fully saturated rings. The van der Waals surface area contributed by atoms with Crippen molar-refractivity contribution < 1.29 is 0 Å². The van der Waals surface area contributed by atoms with Crippen LogP contribution in [0.15, 0.2) is 59.7 Å². The molecule has 0 unspecified atom stereocenters. The molecular weight excluding hydrogens is 264 g/mol. The van der Waals surface area contributed by atoms with Crippen LogP contribution in [0.5, 0.6) is 0 Å². The Kier molecular flexibility index (Phi) is 5.77. The van der Waals surface area contributed by atoms with Crippen LogP contribution in [0.1, 0.15) is 51.7 Å². The summed E-state index contributed by atoms with van der Waals surface area (Å²) in [7, 11) is 0. The van der Waals surface area contributed by atoms with Gasteiger partial charge >= 0.3 is 0 Å². The fourth-order valence-corrected chi connectivity index (χ4v) is 2.44. The lowest BCUT2D eigenvalue weighted by molar-refractivity contribution is 1.11. The first kappa shape index (κ1) is 16.3. The van der Waals surface area contributed by atoms with Crippen LogP contribution >= 0.6 is 0 Å². The van der Waals surface area contributed by atoms with Gasteiger partial charge in [0.15, 0.2) is 0 Å². The topological polar surface area (TPSA) is 0 Å². The van der Waals surface area contributed by atoms with Crippen molar-refractivity contribution in [1.82, 2.24) is 0 Å². The Morgan fingerprint density at radius 3 is 2.23 bits per heavy atom. The zero-order chi connectivity index (χ0) is 15.9. The smallest absolute Gasteiger partial charge is 0.0111 e. The molecule has 22 heavy (non-hydrogen) atoms. The van der Waals surface area contributed by atoms with Crippen LogP contribution in [0.25, 0.3) is 23.3 Å². The van der Waals surface area contributed by atoms with Gasteiger partial charge in [0.25, 0.3) is 0 Å². The summed E-state index contributed by atoms with van der Waals surface area (Å²) >= 11 is 0. The molecule has 0 spiro atoms. The van der Waals surface area contributed by atoms with Crippen molar-refractivity contribution >= 4 is 12.2 Å². The summed E-state index contributed by atoms with van der Waals surface area (Å²) in [5, 5.41) is 0. The minimum atomic E-state index is 1.09. The van der Waals surface area contributed by atoms with E-state index in [4.69, 9.17) is 0 Å². The highest BCUT2D eigenvalue weighted by atomic mass is 14.1. The average Bonchev–Trinajstić information content (AvgIpc) is 2.55. The number of rotatable bonds is 5. The molecule has 0 heteroatoms. The number of benzene rings is 2. The minimum absolute atomic E-state index is 1.09. The van der Waals surface area contributed by atoms with Crippen LogP contribution in [0.3, 0.4) is 0 Å². The number of hydrogen-bond donors (Lipinski definition) is 0. The molecule has 0 amide bonds. The summed E-state index contributed by atoms with van der Waals surface area (Å²) in [5.74, 6) is 0. The maximum absolute atomic E-state index is 2.30. The van der Waals surface area contributed by atoms with Crippen LogP contribution in [0, 0.1) is 0 Å². The van der Waals surface area contributed by atoms with Gasteiger partial charge in [-0.1, -0.05) is 79.6 Å². The van der Waals surface area contributed by atoms with Crippen LogP contribution in [0.4, 0.5) is 0 Å². The fraction of sp³-hybridized carbons (Fsp3) is 0.273. The molecule has 0 nitrogen and oxygen atoms in total. The Bertz CT molecular complexity index is 687. The van der Waals surface area contributed by atoms with Gasteiger partial charge in [0.05, 0.1) is 0 Å². The van der Waals surface area contributed by atoms with Gasteiger partial charge in [0, 0.05) is 0 Å². The van der Waals surface area contributed by atoms with E-state index in [-0.39, 0.29) is 0 Å². The van der Waals surface area contributed by atoms with E-state index in [0.717, 1.165) is 12.8 Å². The lowest BCUT2D eigenvalue weighted by atomic mass is 9.96. The molecule has 0 aromatic heterocycles. The number of hydrogen-bond acceptors (Lipinski definition) is 0.